The maximum atomic E-state index is 5.81. The highest BCUT2D eigenvalue weighted by Gasteiger charge is 2.13. The van der Waals surface area contributed by atoms with Crippen LogP contribution in [0.3, 0.4) is 0 Å². The first-order chi connectivity index (χ1) is 8.81. The van der Waals surface area contributed by atoms with Crippen molar-refractivity contribution in [3.05, 3.63) is 23.0 Å². The van der Waals surface area contributed by atoms with Crippen LogP contribution in [0.25, 0.3) is 0 Å². The molecule has 0 bridgehead atoms. The fourth-order valence-corrected chi connectivity index (χ4v) is 2.43. The van der Waals surface area contributed by atoms with E-state index in [2.05, 4.69) is 31.1 Å². The summed E-state index contributed by atoms with van der Waals surface area (Å²) in [7, 11) is 0. The van der Waals surface area contributed by atoms with E-state index < -0.39 is 0 Å². The molecule has 106 valence electrons. The van der Waals surface area contributed by atoms with Gasteiger partial charge >= 0.3 is 0 Å². The molecule has 0 radical (unpaired) electrons. The Morgan fingerprint density at radius 2 is 1.95 bits per heavy atom. The molecule has 1 unspecified atom stereocenters. The number of aryl methyl sites for hydroxylation is 2. The number of hydrogen-bond acceptors (Lipinski definition) is 3. The van der Waals surface area contributed by atoms with E-state index >= 15 is 0 Å². The molecular weight excluding hydrogens is 254 g/mol. The zero-order valence-electron chi connectivity index (χ0n) is 12.6. The first kappa shape index (κ1) is 15.9. The molecule has 0 amide bonds. The van der Waals surface area contributed by atoms with Crippen LogP contribution in [0.5, 0.6) is 0 Å². The second kappa shape index (κ2) is 6.85. The molecule has 1 rings (SSSR count). The molecule has 0 spiro atoms. The minimum Gasteiger partial charge on any atom is -0.389 e. The molecule has 1 aromatic rings. The van der Waals surface area contributed by atoms with Gasteiger partial charge in [0.1, 0.15) is 4.99 Å². The second-order valence-electron chi connectivity index (χ2n) is 5.65. The Hall–Kier alpha value is -1.16. The number of nitrogens with zero attached hydrogens (tertiary/aromatic N) is 1. The number of thiocarbonyl (C=S) groups is 1. The van der Waals surface area contributed by atoms with E-state index in [-0.39, 0.29) is 0 Å². The number of nitrogens with two attached hydrogens (primary N) is 1. The zero-order chi connectivity index (χ0) is 14.6. The number of anilines is 1. The molecule has 1 heterocycles. The Morgan fingerprint density at radius 1 is 1.32 bits per heavy atom. The maximum absolute atomic E-state index is 5.81. The third-order valence-corrected chi connectivity index (χ3v) is 3.36. The van der Waals surface area contributed by atoms with E-state index in [0.717, 1.165) is 35.0 Å². The predicted octanol–water partition coefficient (Wildman–Crippen LogP) is 3.57. The average Bonchev–Trinajstić information content (AvgIpc) is 2.24. The standard InChI is InChI=1S/C15H25N3S/c1-9(2)6-7-10(3)18-13-8-11(4)17-12(5)14(13)15(16)19/h8-10H,6-7H2,1-5H3,(H2,16,19)(H,17,18). The Kier molecular flexibility index (Phi) is 5.73. The SMILES string of the molecule is Cc1cc(NC(C)CCC(C)C)c(C(N)=S)c(C)n1. The Balaban J connectivity index is 2.90. The summed E-state index contributed by atoms with van der Waals surface area (Å²) < 4.78 is 0. The van der Waals surface area contributed by atoms with Crippen molar-refractivity contribution in [2.75, 3.05) is 5.32 Å². The van der Waals surface area contributed by atoms with Crippen LogP contribution in [0.1, 0.15) is 50.6 Å². The van der Waals surface area contributed by atoms with E-state index in [1.807, 2.05) is 19.9 Å². The number of hydrogen-bond donors (Lipinski definition) is 2. The van der Waals surface area contributed by atoms with Gasteiger partial charge in [-0.3, -0.25) is 4.98 Å². The highest BCUT2D eigenvalue weighted by atomic mass is 32.1. The largest absolute Gasteiger partial charge is 0.389 e. The third-order valence-electron chi connectivity index (χ3n) is 3.15. The Labute approximate surface area is 122 Å². The van der Waals surface area contributed by atoms with Gasteiger partial charge in [0.15, 0.2) is 0 Å². The lowest BCUT2D eigenvalue weighted by Gasteiger charge is -2.20. The van der Waals surface area contributed by atoms with Crippen LogP contribution in [-0.2, 0) is 0 Å². The van der Waals surface area contributed by atoms with Gasteiger partial charge < -0.3 is 11.1 Å². The third kappa shape index (κ3) is 4.78. The second-order valence-corrected chi connectivity index (χ2v) is 6.09. The van der Waals surface area contributed by atoms with Gasteiger partial charge in [0.05, 0.1) is 5.56 Å². The number of nitrogens with one attached hydrogen (secondary N) is 1. The van der Waals surface area contributed by atoms with Crippen LogP contribution in [0.2, 0.25) is 0 Å². The predicted molar refractivity (Wildman–Crippen MR) is 86.8 cm³/mol. The van der Waals surface area contributed by atoms with Crippen LogP contribution in [0.15, 0.2) is 6.07 Å². The lowest BCUT2D eigenvalue weighted by molar-refractivity contribution is 0.527. The molecule has 4 heteroatoms. The van der Waals surface area contributed by atoms with Gasteiger partial charge in [0.2, 0.25) is 0 Å². The molecule has 19 heavy (non-hydrogen) atoms. The number of aromatic nitrogens is 1. The molecule has 1 aromatic heterocycles. The molecule has 0 fully saturated rings. The monoisotopic (exact) mass is 279 g/mol. The van der Waals surface area contributed by atoms with E-state index in [1.165, 1.54) is 6.42 Å². The summed E-state index contributed by atoms with van der Waals surface area (Å²) in [5.41, 5.74) is 9.57. The van der Waals surface area contributed by atoms with Gasteiger partial charge in [-0.1, -0.05) is 26.1 Å². The molecule has 0 aromatic carbocycles. The van der Waals surface area contributed by atoms with Gasteiger partial charge in [-0.15, -0.1) is 0 Å². The van der Waals surface area contributed by atoms with Crippen LogP contribution in [-0.4, -0.2) is 16.0 Å². The molecule has 3 N–H and O–H groups in total. The maximum Gasteiger partial charge on any atom is 0.107 e. The summed E-state index contributed by atoms with van der Waals surface area (Å²) in [6.07, 6.45) is 2.34. The van der Waals surface area contributed by atoms with Crippen molar-refractivity contribution in [3.8, 4) is 0 Å². The van der Waals surface area contributed by atoms with Gasteiger partial charge in [-0.25, -0.2) is 0 Å². The Morgan fingerprint density at radius 3 is 2.47 bits per heavy atom. The summed E-state index contributed by atoms with van der Waals surface area (Å²) in [4.78, 5) is 4.84. The lowest BCUT2D eigenvalue weighted by Crippen LogP contribution is -2.21. The summed E-state index contributed by atoms with van der Waals surface area (Å²) in [5.74, 6) is 0.722. The smallest absolute Gasteiger partial charge is 0.107 e. The van der Waals surface area contributed by atoms with Crippen molar-refractivity contribution in [2.24, 2.45) is 11.7 Å². The fourth-order valence-electron chi connectivity index (χ4n) is 2.17. The molecule has 0 saturated heterocycles. The van der Waals surface area contributed by atoms with Gasteiger partial charge in [0.25, 0.3) is 0 Å². The summed E-state index contributed by atoms with van der Waals surface area (Å²) in [5, 5.41) is 3.52. The average molecular weight is 279 g/mol. The van der Waals surface area contributed by atoms with Crippen LogP contribution in [0, 0.1) is 19.8 Å². The van der Waals surface area contributed by atoms with E-state index in [4.69, 9.17) is 18.0 Å². The topological polar surface area (TPSA) is 50.9 Å². The fraction of sp³-hybridized carbons (Fsp3) is 0.600. The molecule has 0 aliphatic heterocycles. The van der Waals surface area contributed by atoms with Crippen LogP contribution < -0.4 is 11.1 Å². The summed E-state index contributed by atoms with van der Waals surface area (Å²) >= 11 is 5.14. The molecule has 0 aliphatic rings. The van der Waals surface area contributed by atoms with Crippen molar-refractivity contribution in [3.63, 3.8) is 0 Å². The highest BCUT2D eigenvalue weighted by molar-refractivity contribution is 7.80. The normalized spacial score (nSPS) is 12.5. The summed E-state index contributed by atoms with van der Waals surface area (Å²) in [6.45, 7) is 10.6. The van der Waals surface area contributed by atoms with Gasteiger partial charge in [0, 0.05) is 23.1 Å². The lowest BCUT2D eigenvalue weighted by atomic mass is 10.0. The Bertz CT molecular complexity index is 455. The van der Waals surface area contributed by atoms with E-state index in [9.17, 15) is 0 Å². The molecule has 0 saturated carbocycles. The first-order valence-electron chi connectivity index (χ1n) is 6.85. The minimum atomic E-state index is 0.400. The van der Waals surface area contributed by atoms with Crippen LogP contribution in [0.4, 0.5) is 5.69 Å². The zero-order valence-corrected chi connectivity index (χ0v) is 13.4. The van der Waals surface area contributed by atoms with Crippen molar-refractivity contribution in [2.45, 2.75) is 53.5 Å². The van der Waals surface area contributed by atoms with Crippen molar-refractivity contribution in [1.29, 1.82) is 0 Å². The molecule has 3 nitrogen and oxygen atoms in total. The van der Waals surface area contributed by atoms with Crippen molar-refractivity contribution >= 4 is 22.9 Å². The molecular formula is C15H25N3S. The van der Waals surface area contributed by atoms with E-state index in [1.54, 1.807) is 0 Å². The molecule has 1 atom stereocenters. The van der Waals surface area contributed by atoms with E-state index in [0.29, 0.717) is 11.0 Å². The quantitative estimate of drug-likeness (QED) is 0.782. The van der Waals surface area contributed by atoms with Gasteiger partial charge in [-0.05, 0) is 45.6 Å². The van der Waals surface area contributed by atoms with Crippen LogP contribution >= 0.6 is 12.2 Å². The van der Waals surface area contributed by atoms with Crippen molar-refractivity contribution in [1.82, 2.24) is 4.98 Å². The molecule has 0 aliphatic carbocycles. The highest BCUT2D eigenvalue weighted by Crippen LogP contribution is 2.21. The van der Waals surface area contributed by atoms with Gasteiger partial charge in [-0.2, -0.15) is 0 Å². The number of pyridine rings is 1. The number of rotatable bonds is 6. The minimum absolute atomic E-state index is 0.400. The van der Waals surface area contributed by atoms with Crippen molar-refractivity contribution < 1.29 is 0 Å². The first-order valence-corrected chi connectivity index (χ1v) is 7.26. The summed E-state index contributed by atoms with van der Waals surface area (Å²) in [6, 6.07) is 2.42.